The van der Waals surface area contributed by atoms with Crippen LogP contribution in [0.3, 0.4) is 0 Å². The van der Waals surface area contributed by atoms with Gasteiger partial charge < -0.3 is 14.0 Å². The van der Waals surface area contributed by atoms with Crippen molar-refractivity contribution in [2.75, 3.05) is 0 Å². The molecule has 0 aromatic carbocycles. The molecule has 0 radical (unpaired) electrons. The third-order valence-electron chi connectivity index (χ3n) is 4.85. The van der Waals surface area contributed by atoms with E-state index in [1.165, 1.54) is 5.56 Å². The molecule has 2 aliphatic rings. The summed E-state index contributed by atoms with van der Waals surface area (Å²) in [6, 6.07) is 2.07. The minimum absolute atomic E-state index is 0.347. The summed E-state index contributed by atoms with van der Waals surface area (Å²) in [5.41, 5.74) is 1.30. The molecule has 1 saturated carbocycles. The Morgan fingerprint density at radius 2 is 1.77 bits per heavy atom. The van der Waals surface area contributed by atoms with Crippen LogP contribution in [0.25, 0.3) is 0 Å². The fraction of sp³-hybridized carbons (Fsp3) is 0.706. The number of nitrogens with zero attached hydrogens (tertiary/aromatic N) is 1. The fourth-order valence-corrected chi connectivity index (χ4v) is 2.48. The van der Waals surface area contributed by atoms with Crippen molar-refractivity contribution < 1.29 is 14.0 Å². The van der Waals surface area contributed by atoms with Crippen molar-refractivity contribution in [3.05, 3.63) is 17.8 Å². The van der Waals surface area contributed by atoms with Crippen LogP contribution in [0.2, 0.25) is 0 Å². The number of hydrogen-bond donors (Lipinski definition) is 0. The van der Waals surface area contributed by atoms with E-state index in [-0.39, 0.29) is 11.2 Å². The smallest absolute Gasteiger partial charge is 0.489 e. The van der Waals surface area contributed by atoms with Crippen molar-refractivity contribution in [1.29, 1.82) is 0 Å². The summed E-state index contributed by atoms with van der Waals surface area (Å²) in [5, 5.41) is 0. The minimum Gasteiger partial charge on any atom is -0.489 e. The van der Waals surface area contributed by atoms with E-state index in [9.17, 15) is 0 Å². The lowest BCUT2D eigenvalue weighted by Gasteiger charge is -2.32. The highest BCUT2D eigenvalue weighted by Gasteiger charge is 2.52. The maximum absolute atomic E-state index is 6.09. The van der Waals surface area contributed by atoms with Crippen molar-refractivity contribution in [2.24, 2.45) is 0 Å². The highest BCUT2D eigenvalue weighted by atomic mass is 16.7. The molecular weight excluding hydrogens is 277 g/mol. The Kier molecular flexibility index (Phi) is 3.77. The number of pyridine rings is 1. The third-order valence-corrected chi connectivity index (χ3v) is 4.85. The van der Waals surface area contributed by atoms with Crippen LogP contribution in [0, 0.1) is 0 Å². The van der Waals surface area contributed by atoms with Gasteiger partial charge in [-0.05, 0) is 58.1 Å². The first-order valence-corrected chi connectivity index (χ1v) is 8.22. The average molecular weight is 303 g/mol. The fourth-order valence-electron chi connectivity index (χ4n) is 2.48. The Bertz CT molecular complexity index is 551. The van der Waals surface area contributed by atoms with E-state index < -0.39 is 7.12 Å². The Hall–Kier alpha value is -1.07. The molecule has 0 atom stereocenters. The van der Waals surface area contributed by atoms with Gasteiger partial charge in [0.2, 0.25) is 0 Å². The SMILES string of the molecule is CC(C)c1cc(B2OC(C)(C)C(C)(C)O2)ncc1OC1CC1. The van der Waals surface area contributed by atoms with E-state index in [2.05, 4.69) is 52.6 Å². The predicted molar refractivity (Wildman–Crippen MR) is 87.7 cm³/mol. The average Bonchev–Trinajstić information content (AvgIpc) is 3.17. The van der Waals surface area contributed by atoms with Gasteiger partial charge >= 0.3 is 7.12 Å². The number of ether oxygens (including phenoxy) is 1. The van der Waals surface area contributed by atoms with E-state index in [0.29, 0.717) is 12.0 Å². The van der Waals surface area contributed by atoms with Crippen LogP contribution in [0.15, 0.2) is 12.3 Å². The standard InChI is InChI=1S/C17H26BNO3/c1-11(2)13-9-15(19-10-14(13)20-12-7-8-12)18-21-16(3,4)17(5,6)22-18/h9-12H,7-8H2,1-6H3. The largest absolute Gasteiger partial charge is 0.514 e. The highest BCUT2D eigenvalue weighted by molar-refractivity contribution is 6.61. The van der Waals surface area contributed by atoms with Crippen molar-refractivity contribution in [3.63, 3.8) is 0 Å². The zero-order valence-electron chi connectivity index (χ0n) is 14.5. The van der Waals surface area contributed by atoms with Gasteiger partial charge in [0.15, 0.2) is 0 Å². The molecule has 3 rings (SSSR count). The lowest BCUT2D eigenvalue weighted by molar-refractivity contribution is 0.00578. The lowest BCUT2D eigenvalue weighted by atomic mass is 9.82. The van der Waals surface area contributed by atoms with Gasteiger partial charge in [0.05, 0.1) is 29.1 Å². The maximum atomic E-state index is 6.09. The number of aromatic nitrogens is 1. The minimum atomic E-state index is -0.419. The van der Waals surface area contributed by atoms with Gasteiger partial charge in [0, 0.05) is 0 Å². The molecule has 2 fully saturated rings. The van der Waals surface area contributed by atoms with Crippen molar-refractivity contribution in [2.45, 2.75) is 77.6 Å². The summed E-state index contributed by atoms with van der Waals surface area (Å²) in [5.74, 6) is 1.27. The molecule has 2 heterocycles. The van der Waals surface area contributed by atoms with E-state index in [1.54, 1.807) is 0 Å². The highest BCUT2D eigenvalue weighted by Crippen LogP contribution is 2.37. The maximum Gasteiger partial charge on any atom is 0.514 e. The first-order valence-electron chi connectivity index (χ1n) is 8.22. The van der Waals surface area contributed by atoms with Crippen LogP contribution < -0.4 is 10.3 Å². The molecule has 0 N–H and O–H groups in total. The molecule has 22 heavy (non-hydrogen) atoms. The van der Waals surface area contributed by atoms with Crippen LogP contribution in [-0.4, -0.2) is 29.4 Å². The molecule has 120 valence electrons. The summed E-state index contributed by atoms with van der Waals surface area (Å²) >= 11 is 0. The van der Waals surface area contributed by atoms with Gasteiger partial charge in [-0.1, -0.05) is 13.8 Å². The molecule has 1 aromatic rings. The second-order valence-electron chi connectivity index (χ2n) is 7.71. The molecule has 4 nitrogen and oxygen atoms in total. The van der Waals surface area contributed by atoms with Gasteiger partial charge in [-0.15, -0.1) is 0 Å². The molecule has 0 bridgehead atoms. The van der Waals surface area contributed by atoms with Crippen LogP contribution >= 0.6 is 0 Å². The zero-order valence-corrected chi connectivity index (χ0v) is 14.5. The summed E-state index contributed by atoms with van der Waals surface area (Å²) in [6.45, 7) is 12.6. The van der Waals surface area contributed by atoms with E-state index >= 15 is 0 Å². The van der Waals surface area contributed by atoms with Gasteiger partial charge in [-0.3, -0.25) is 4.98 Å². The van der Waals surface area contributed by atoms with Crippen molar-refractivity contribution in [1.82, 2.24) is 4.98 Å². The summed E-state index contributed by atoms with van der Waals surface area (Å²) in [7, 11) is -0.419. The second kappa shape index (κ2) is 5.24. The van der Waals surface area contributed by atoms with E-state index in [4.69, 9.17) is 14.0 Å². The molecule has 1 saturated heterocycles. The molecule has 1 aromatic heterocycles. The molecule has 0 amide bonds. The first-order chi connectivity index (χ1) is 10.2. The Labute approximate surface area is 133 Å². The monoisotopic (exact) mass is 303 g/mol. The van der Waals surface area contributed by atoms with Gasteiger partial charge in [0.1, 0.15) is 5.75 Å². The van der Waals surface area contributed by atoms with Crippen molar-refractivity contribution in [3.8, 4) is 5.75 Å². The zero-order chi connectivity index (χ0) is 16.1. The van der Waals surface area contributed by atoms with Gasteiger partial charge in [-0.2, -0.15) is 0 Å². The normalized spacial score (nSPS) is 23.1. The molecule has 0 unspecified atom stereocenters. The Morgan fingerprint density at radius 3 is 2.27 bits per heavy atom. The Balaban J connectivity index is 1.87. The summed E-state index contributed by atoms with van der Waals surface area (Å²) < 4.78 is 18.2. The van der Waals surface area contributed by atoms with Crippen LogP contribution in [0.4, 0.5) is 0 Å². The number of rotatable bonds is 4. The Morgan fingerprint density at radius 1 is 1.18 bits per heavy atom. The first kappa shape index (κ1) is 15.8. The molecular formula is C17H26BNO3. The topological polar surface area (TPSA) is 40.6 Å². The molecule has 1 aliphatic heterocycles. The van der Waals surface area contributed by atoms with Gasteiger partial charge in [0.25, 0.3) is 0 Å². The molecule has 1 aliphatic carbocycles. The van der Waals surface area contributed by atoms with Crippen LogP contribution in [-0.2, 0) is 9.31 Å². The lowest BCUT2D eigenvalue weighted by Crippen LogP contribution is -2.41. The van der Waals surface area contributed by atoms with Crippen LogP contribution in [0.5, 0.6) is 5.75 Å². The summed E-state index contributed by atoms with van der Waals surface area (Å²) in [4.78, 5) is 4.54. The number of hydrogen-bond acceptors (Lipinski definition) is 4. The third kappa shape index (κ3) is 2.89. The quantitative estimate of drug-likeness (QED) is 0.802. The molecule has 5 heteroatoms. The molecule has 0 spiro atoms. The van der Waals surface area contributed by atoms with Gasteiger partial charge in [-0.25, -0.2) is 0 Å². The second-order valence-corrected chi connectivity index (χ2v) is 7.71. The summed E-state index contributed by atoms with van der Waals surface area (Å²) in [6.07, 6.45) is 4.50. The van der Waals surface area contributed by atoms with E-state index in [1.807, 2.05) is 6.20 Å². The van der Waals surface area contributed by atoms with E-state index in [0.717, 1.165) is 24.2 Å². The van der Waals surface area contributed by atoms with Crippen LogP contribution in [0.1, 0.15) is 65.9 Å². The predicted octanol–water partition coefficient (Wildman–Crippen LogP) is 3.05. The van der Waals surface area contributed by atoms with Crippen molar-refractivity contribution >= 4 is 12.7 Å².